The van der Waals surface area contributed by atoms with Crippen molar-refractivity contribution in [2.24, 2.45) is 5.92 Å². The topological polar surface area (TPSA) is 64.0 Å². The lowest BCUT2D eigenvalue weighted by Crippen LogP contribution is -2.23. The number of aryl methyl sites for hydroxylation is 1. The van der Waals surface area contributed by atoms with Gasteiger partial charge in [0, 0.05) is 9.90 Å². The van der Waals surface area contributed by atoms with Crippen molar-refractivity contribution in [3.05, 3.63) is 78.3 Å². The van der Waals surface area contributed by atoms with E-state index in [9.17, 15) is 9.59 Å². The van der Waals surface area contributed by atoms with Crippen LogP contribution in [0.1, 0.15) is 23.8 Å². The number of aromatic nitrogens is 2. The maximum atomic E-state index is 13.8. The van der Waals surface area contributed by atoms with Crippen LogP contribution in [-0.2, 0) is 17.6 Å². The van der Waals surface area contributed by atoms with Crippen LogP contribution in [0.25, 0.3) is 15.9 Å². The van der Waals surface area contributed by atoms with E-state index < -0.39 is 0 Å². The van der Waals surface area contributed by atoms with Gasteiger partial charge in [0.25, 0.3) is 5.56 Å². The molecule has 0 saturated heterocycles. The van der Waals surface area contributed by atoms with Crippen LogP contribution in [-0.4, -0.2) is 21.2 Å². The number of hydrogen-bond acceptors (Lipinski definition) is 5. The van der Waals surface area contributed by atoms with E-state index in [1.165, 1.54) is 28.8 Å². The third-order valence-corrected chi connectivity index (χ3v) is 8.82. The number of anilines is 1. The lowest BCUT2D eigenvalue weighted by Gasteiger charge is -2.18. The maximum absolute atomic E-state index is 13.8. The molecular formula is C25H20Cl3N3O2S2. The van der Waals surface area contributed by atoms with Crippen LogP contribution in [0.3, 0.4) is 0 Å². The smallest absolute Gasteiger partial charge is 0.267 e. The van der Waals surface area contributed by atoms with E-state index in [1.807, 2.05) is 30.3 Å². The minimum absolute atomic E-state index is 0.0161. The first-order chi connectivity index (χ1) is 16.8. The van der Waals surface area contributed by atoms with Gasteiger partial charge in [0.1, 0.15) is 4.83 Å². The highest BCUT2D eigenvalue weighted by atomic mass is 35.5. The van der Waals surface area contributed by atoms with Gasteiger partial charge in [-0.25, -0.2) is 4.98 Å². The van der Waals surface area contributed by atoms with Crippen molar-refractivity contribution < 1.29 is 4.79 Å². The standard InChI is InChI=1S/C25H20Cl3N3O2S2/c1-13-7-8-16-19(9-13)35-23-21(16)24(33)31(15-5-3-2-4-6-15)25(30-23)34-12-20(32)29-22-17(27)10-14(26)11-18(22)28/h2-6,10-11,13H,7-9,12H2,1H3,(H,29,32)/t13-/m0/s1. The quantitative estimate of drug-likeness (QED) is 0.205. The van der Waals surface area contributed by atoms with Crippen molar-refractivity contribution in [3.8, 4) is 5.69 Å². The SMILES string of the molecule is C[C@H]1CCc2c(sc3nc(SCC(=O)Nc4c(Cl)cc(Cl)cc4Cl)n(-c4ccccc4)c(=O)c23)C1. The van der Waals surface area contributed by atoms with Gasteiger partial charge >= 0.3 is 0 Å². The predicted molar refractivity (Wildman–Crippen MR) is 147 cm³/mol. The third kappa shape index (κ3) is 4.98. The molecule has 5 rings (SSSR count). The van der Waals surface area contributed by atoms with E-state index in [4.69, 9.17) is 39.8 Å². The van der Waals surface area contributed by atoms with Gasteiger partial charge in [-0.1, -0.05) is 71.7 Å². The van der Waals surface area contributed by atoms with E-state index in [1.54, 1.807) is 15.9 Å². The number of para-hydroxylation sites is 1. The predicted octanol–water partition coefficient (Wildman–Crippen LogP) is 7.26. The third-order valence-electron chi connectivity index (χ3n) is 5.92. The Morgan fingerprint density at radius 2 is 1.91 bits per heavy atom. The molecule has 0 fully saturated rings. The molecule has 0 spiro atoms. The normalized spacial score (nSPS) is 15.3. The molecule has 1 N–H and O–H groups in total. The molecule has 0 unspecified atom stereocenters. The van der Waals surface area contributed by atoms with Crippen LogP contribution < -0.4 is 10.9 Å². The molecule has 0 saturated carbocycles. The molecule has 180 valence electrons. The molecule has 0 radical (unpaired) electrons. The Kier molecular flexibility index (Phi) is 7.15. The van der Waals surface area contributed by atoms with Crippen LogP contribution >= 0.6 is 57.9 Å². The minimum atomic E-state index is -0.325. The lowest BCUT2D eigenvalue weighted by molar-refractivity contribution is -0.113. The molecule has 2 aromatic heterocycles. The number of carbonyl (C=O) groups is 1. The highest BCUT2D eigenvalue weighted by Gasteiger charge is 2.25. The van der Waals surface area contributed by atoms with Gasteiger partial charge in [0.2, 0.25) is 5.91 Å². The van der Waals surface area contributed by atoms with Gasteiger partial charge in [-0.15, -0.1) is 11.3 Å². The fourth-order valence-corrected chi connectivity index (χ4v) is 7.39. The summed E-state index contributed by atoms with van der Waals surface area (Å²) >= 11 is 21.1. The number of rotatable bonds is 5. The first-order valence-corrected chi connectivity index (χ1v) is 14.0. The van der Waals surface area contributed by atoms with Crippen LogP contribution in [0.5, 0.6) is 0 Å². The van der Waals surface area contributed by atoms with E-state index in [0.717, 1.165) is 29.7 Å². The second kappa shape index (κ2) is 10.1. The monoisotopic (exact) mass is 563 g/mol. The molecule has 1 aliphatic carbocycles. The van der Waals surface area contributed by atoms with Crippen molar-refractivity contribution in [1.29, 1.82) is 0 Å². The first-order valence-electron chi connectivity index (χ1n) is 11.0. The molecular weight excluding hydrogens is 545 g/mol. The lowest BCUT2D eigenvalue weighted by atomic mass is 9.89. The summed E-state index contributed by atoms with van der Waals surface area (Å²) < 4.78 is 1.60. The van der Waals surface area contributed by atoms with Crippen LogP contribution in [0.15, 0.2) is 52.4 Å². The Morgan fingerprint density at radius 1 is 1.20 bits per heavy atom. The summed E-state index contributed by atoms with van der Waals surface area (Å²) in [6.45, 7) is 2.24. The summed E-state index contributed by atoms with van der Waals surface area (Å²) in [4.78, 5) is 33.4. The summed E-state index contributed by atoms with van der Waals surface area (Å²) in [5, 5.41) is 4.78. The summed E-state index contributed by atoms with van der Waals surface area (Å²) in [6, 6.07) is 12.4. The second-order valence-corrected chi connectivity index (χ2v) is 11.8. The Balaban J connectivity index is 1.51. The van der Waals surface area contributed by atoms with Crippen molar-refractivity contribution in [3.63, 3.8) is 0 Å². The number of amides is 1. The van der Waals surface area contributed by atoms with Crippen molar-refractivity contribution >= 4 is 79.7 Å². The molecule has 10 heteroatoms. The van der Waals surface area contributed by atoms with Crippen molar-refractivity contribution in [1.82, 2.24) is 9.55 Å². The Labute approximate surface area is 225 Å². The largest absolute Gasteiger partial charge is 0.323 e. The number of halogens is 3. The maximum Gasteiger partial charge on any atom is 0.267 e. The van der Waals surface area contributed by atoms with Gasteiger partial charge in [-0.05, 0) is 55.0 Å². The Bertz CT molecular complexity index is 1480. The van der Waals surface area contributed by atoms with Gasteiger partial charge in [0.05, 0.1) is 32.6 Å². The number of thioether (sulfide) groups is 1. The number of benzene rings is 2. The zero-order chi connectivity index (χ0) is 24.7. The van der Waals surface area contributed by atoms with E-state index >= 15 is 0 Å². The fraction of sp³-hybridized carbons (Fsp3) is 0.240. The summed E-state index contributed by atoms with van der Waals surface area (Å²) in [7, 11) is 0. The van der Waals surface area contributed by atoms with Gasteiger partial charge in [-0.2, -0.15) is 0 Å². The van der Waals surface area contributed by atoms with Crippen LogP contribution in [0.4, 0.5) is 5.69 Å². The van der Waals surface area contributed by atoms with Gasteiger partial charge < -0.3 is 5.32 Å². The zero-order valence-corrected chi connectivity index (χ0v) is 22.5. The molecule has 2 heterocycles. The highest BCUT2D eigenvalue weighted by Crippen LogP contribution is 2.37. The molecule has 5 nitrogen and oxygen atoms in total. The van der Waals surface area contributed by atoms with E-state index in [2.05, 4.69) is 12.2 Å². The number of nitrogens with one attached hydrogen (secondary N) is 1. The molecule has 1 aliphatic rings. The van der Waals surface area contributed by atoms with Crippen molar-refractivity contribution in [2.45, 2.75) is 31.3 Å². The number of fused-ring (bicyclic) bond motifs is 3. The molecule has 35 heavy (non-hydrogen) atoms. The van der Waals surface area contributed by atoms with Crippen LogP contribution in [0, 0.1) is 5.92 Å². The van der Waals surface area contributed by atoms with E-state index in [-0.39, 0.29) is 27.3 Å². The number of hydrogen-bond donors (Lipinski definition) is 1. The van der Waals surface area contributed by atoms with Gasteiger partial charge in [0.15, 0.2) is 5.16 Å². The Hall–Kier alpha value is -2.03. The second-order valence-electron chi connectivity index (χ2n) is 8.48. The molecule has 0 bridgehead atoms. The zero-order valence-electron chi connectivity index (χ0n) is 18.6. The summed E-state index contributed by atoms with van der Waals surface area (Å²) in [5.41, 5.74) is 2.04. The fourth-order valence-electron chi connectivity index (χ4n) is 4.24. The van der Waals surface area contributed by atoms with Gasteiger partial charge in [-0.3, -0.25) is 14.2 Å². The Morgan fingerprint density at radius 3 is 2.63 bits per heavy atom. The number of thiophene rings is 1. The average Bonchev–Trinajstić information content (AvgIpc) is 3.18. The average molecular weight is 565 g/mol. The number of carbonyl (C=O) groups excluding carboxylic acids is 1. The highest BCUT2D eigenvalue weighted by molar-refractivity contribution is 7.99. The molecule has 1 amide bonds. The van der Waals surface area contributed by atoms with E-state index in [0.29, 0.717) is 32.9 Å². The molecule has 1 atom stereocenters. The minimum Gasteiger partial charge on any atom is -0.323 e. The summed E-state index contributed by atoms with van der Waals surface area (Å²) in [5.74, 6) is 0.285. The van der Waals surface area contributed by atoms with Crippen LogP contribution in [0.2, 0.25) is 15.1 Å². The summed E-state index contributed by atoms with van der Waals surface area (Å²) in [6.07, 6.45) is 2.92. The molecule has 0 aliphatic heterocycles. The van der Waals surface area contributed by atoms with Crippen molar-refractivity contribution in [2.75, 3.05) is 11.1 Å². The number of nitrogens with zero attached hydrogens (tertiary/aromatic N) is 2. The first kappa shape index (κ1) is 24.7. The molecule has 2 aromatic carbocycles. The molecule has 4 aromatic rings.